The fourth-order valence-electron chi connectivity index (χ4n) is 1.13. The molecule has 0 aromatic rings. The fraction of sp³-hybridized carbons (Fsp3) is 1.00. The van der Waals surface area contributed by atoms with Crippen LogP contribution in [-0.4, -0.2) is 29.5 Å². The van der Waals surface area contributed by atoms with Gasteiger partial charge in [0.25, 0.3) is 0 Å². The zero-order valence-electron chi connectivity index (χ0n) is 7.16. The van der Waals surface area contributed by atoms with Crippen LogP contribution in [0.3, 0.4) is 0 Å². The molecule has 1 saturated carbocycles. The molecule has 3 N–H and O–H groups in total. The molecule has 0 aromatic carbocycles. The summed E-state index contributed by atoms with van der Waals surface area (Å²) in [5, 5.41) is 9.10. The average Bonchev–Trinajstić information content (AvgIpc) is 1.84. The molecule has 11 heavy (non-hydrogen) atoms. The van der Waals surface area contributed by atoms with E-state index in [9.17, 15) is 0 Å². The third-order valence-electron chi connectivity index (χ3n) is 2.22. The van der Waals surface area contributed by atoms with E-state index in [0.717, 1.165) is 12.8 Å². The molecular weight excluding hydrogens is 142 g/mol. The minimum Gasteiger partial charge on any atom is -0.391 e. The molecule has 3 nitrogen and oxygen atoms in total. The number of hydrogen-bond acceptors (Lipinski definition) is 3. The first-order valence-electron chi connectivity index (χ1n) is 4.18. The van der Waals surface area contributed by atoms with E-state index >= 15 is 0 Å². The van der Waals surface area contributed by atoms with Crippen molar-refractivity contribution in [3.8, 4) is 0 Å². The maximum atomic E-state index is 9.10. The van der Waals surface area contributed by atoms with E-state index in [-0.39, 0.29) is 18.3 Å². The Kier molecular flexibility index (Phi) is 2.87. The van der Waals surface area contributed by atoms with E-state index < -0.39 is 0 Å². The van der Waals surface area contributed by atoms with Gasteiger partial charge in [-0.1, -0.05) is 0 Å². The van der Waals surface area contributed by atoms with Gasteiger partial charge in [-0.25, -0.2) is 0 Å². The molecule has 0 radical (unpaired) electrons. The van der Waals surface area contributed by atoms with E-state index in [1.807, 2.05) is 6.92 Å². The average molecular weight is 159 g/mol. The number of aliphatic hydroxyl groups excluding tert-OH is 1. The molecule has 1 fully saturated rings. The molecule has 0 aromatic heterocycles. The van der Waals surface area contributed by atoms with Gasteiger partial charge in [0.05, 0.1) is 18.3 Å². The van der Waals surface area contributed by atoms with Crippen molar-refractivity contribution < 1.29 is 9.84 Å². The van der Waals surface area contributed by atoms with Crippen LogP contribution in [0.4, 0.5) is 0 Å². The Hall–Kier alpha value is -0.120. The van der Waals surface area contributed by atoms with Crippen molar-refractivity contribution in [2.45, 2.75) is 51.0 Å². The Morgan fingerprint density at radius 1 is 1.45 bits per heavy atom. The van der Waals surface area contributed by atoms with E-state index in [4.69, 9.17) is 15.6 Å². The normalized spacial score (nSPS) is 36.0. The van der Waals surface area contributed by atoms with Gasteiger partial charge in [-0.05, 0) is 26.7 Å². The van der Waals surface area contributed by atoms with Gasteiger partial charge in [-0.15, -0.1) is 0 Å². The summed E-state index contributed by atoms with van der Waals surface area (Å²) in [6, 6.07) is 0.321. The molecule has 2 atom stereocenters. The summed E-state index contributed by atoms with van der Waals surface area (Å²) in [6.07, 6.45) is 1.72. The summed E-state index contributed by atoms with van der Waals surface area (Å²) in [5.41, 5.74) is 5.58. The molecule has 0 saturated heterocycles. The van der Waals surface area contributed by atoms with Gasteiger partial charge >= 0.3 is 0 Å². The Labute approximate surface area is 67.5 Å². The van der Waals surface area contributed by atoms with Gasteiger partial charge in [0.1, 0.15) is 0 Å². The monoisotopic (exact) mass is 159 g/mol. The third-order valence-corrected chi connectivity index (χ3v) is 2.22. The highest BCUT2D eigenvalue weighted by Crippen LogP contribution is 2.23. The van der Waals surface area contributed by atoms with Gasteiger partial charge in [0.2, 0.25) is 0 Å². The lowest BCUT2D eigenvalue weighted by Crippen LogP contribution is -2.44. The van der Waals surface area contributed by atoms with Crippen LogP contribution in [-0.2, 0) is 4.74 Å². The van der Waals surface area contributed by atoms with Gasteiger partial charge in [-0.2, -0.15) is 0 Å². The lowest BCUT2D eigenvalue weighted by Gasteiger charge is -2.35. The topological polar surface area (TPSA) is 55.5 Å². The van der Waals surface area contributed by atoms with Crippen molar-refractivity contribution in [3.63, 3.8) is 0 Å². The van der Waals surface area contributed by atoms with E-state index in [1.54, 1.807) is 6.92 Å². The molecule has 66 valence electrons. The highest BCUT2D eigenvalue weighted by Gasteiger charge is 2.28. The molecule has 3 heteroatoms. The van der Waals surface area contributed by atoms with E-state index in [1.165, 1.54) is 0 Å². The second-order valence-electron chi connectivity index (χ2n) is 3.44. The van der Waals surface area contributed by atoms with E-state index in [0.29, 0.717) is 6.04 Å². The number of ether oxygens (including phenoxy) is 1. The first-order valence-corrected chi connectivity index (χ1v) is 4.18. The van der Waals surface area contributed by atoms with Crippen LogP contribution in [0.5, 0.6) is 0 Å². The van der Waals surface area contributed by atoms with Crippen LogP contribution in [0, 0.1) is 0 Å². The van der Waals surface area contributed by atoms with Crippen LogP contribution in [0.1, 0.15) is 26.7 Å². The van der Waals surface area contributed by atoms with Crippen molar-refractivity contribution in [2.24, 2.45) is 5.73 Å². The predicted molar refractivity (Wildman–Crippen MR) is 43.2 cm³/mol. The molecule has 0 amide bonds. The molecule has 0 aliphatic heterocycles. The van der Waals surface area contributed by atoms with Gasteiger partial charge in [0.15, 0.2) is 0 Å². The molecule has 1 aliphatic carbocycles. The Morgan fingerprint density at radius 3 is 2.36 bits per heavy atom. The van der Waals surface area contributed by atoms with Crippen LogP contribution < -0.4 is 5.73 Å². The molecule has 1 aliphatic rings. The van der Waals surface area contributed by atoms with Gasteiger partial charge < -0.3 is 15.6 Å². The van der Waals surface area contributed by atoms with Crippen molar-refractivity contribution >= 4 is 0 Å². The molecule has 0 spiro atoms. The minimum absolute atomic E-state index is 0.0625. The first kappa shape index (κ1) is 8.97. The van der Waals surface area contributed by atoms with Gasteiger partial charge in [-0.3, -0.25) is 0 Å². The summed E-state index contributed by atoms with van der Waals surface area (Å²) in [4.78, 5) is 0. The highest BCUT2D eigenvalue weighted by atomic mass is 16.5. The summed E-state index contributed by atoms with van der Waals surface area (Å²) in [5.74, 6) is 0. The molecule has 0 heterocycles. The zero-order valence-corrected chi connectivity index (χ0v) is 7.16. The van der Waals surface area contributed by atoms with Gasteiger partial charge in [0, 0.05) is 6.04 Å². The standard InChI is InChI=1S/C8H17NO2/c1-5(10)6(2)11-8-3-7(9)4-8/h5-8,10H,3-4,9H2,1-2H3. The molecule has 2 unspecified atom stereocenters. The Morgan fingerprint density at radius 2 is 2.00 bits per heavy atom. The number of aliphatic hydroxyl groups is 1. The summed E-state index contributed by atoms with van der Waals surface area (Å²) in [6.45, 7) is 3.62. The molecule has 0 bridgehead atoms. The highest BCUT2D eigenvalue weighted by molar-refractivity contribution is 4.83. The number of hydrogen-bond donors (Lipinski definition) is 2. The summed E-state index contributed by atoms with van der Waals surface area (Å²) in [7, 11) is 0. The summed E-state index contributed by atoms with van der Waals surface area (Å²) < 4.78 is 5.49. The smallest absolute Gasteiger partial charge is 0.0806 e. The zero-order chi connectivity index (χ0) is 8.43. The maximum absolute atomic E-state index is 9.10. The van der Waals surface area contributed by atoms with E-state index in [2.05, 4.69) is 0 Å². The second kappa shape index (κ2) is 3.52. The van der Waals surface area contributed by atoms with Crippen LogP contribution in [0.15, 0.2) is 0 Å². The summed E-state index contributed by atoms with van der Waals surface area (Å²) >= 11 is 0. The van der Waals surface area contributed by atoms with Crippen molar-refractivity contribution in [1.29, 1.82) is 0 Å². The Balaban J connectivity index is 2.11. The van der Waals surface area contributed by atoms with Crippen LogP contribution >= 0.6 is 0 Å². The largest absolute Gasteiger partial charge is 0.391 e. The van der Waals surface area contributed by atoms with Crippen molar-refractivity contribution in [3.05, 3.63) is 0 Å². The molecular formula is C8H17NO2. The number of rotatable bonds is 3. The van der Waals surface area contributed by atoms with Crippen molar-refractivity contribution in [2.75, 3.05) is 0 Å². The van der Waals surface area contributed by atoms with Crippen LogP contribution in [0.25, 0.3) is 0 Å². The third kappa shape index (κ3) is 2.43. The van der Waals surface area contributed by atoms with Crippen LogP contribution in [0.2, 0.25) is 0 Å². The Bertz CT molecular complexity index is 121. The maximum Gasteiger partial charge on any atom is 0.0806 e. The second-order valence-corrected chi connectivity index (χ2v) is 3.44. The lowest BCUT2D eigenvalue weighted by atomic mass is 9.90. The SMILES string of the molecule is CC(O)C(C)OC1CC(N)C1. The first-order chi connectivity index (χ1) is 5.09. The number of nitrogens with two attached hydrogens (primary N) is 1. The molecule has 1 rings (SSSR count). The van der Waals surface area contributed by atoms with Crippen molar-refractivity contribution in [1.82, 2.24) is 0 Å². The predicted octanol–water partition coefficient (Wildman–Crippen LogP) is 0.262. The minimum atomic E-state index is -0.383. The fourth-order valence-corrected chi connectivity index (χ4v) is 1.13. The lowest BCUT2D eigenvalue weighted by molar-refractivity contribution is -0.0933. The quantitative estimate of drug-likeness (QED) is 0.621.